The molecular weight excluding hydrogens is 763 g/mol. The van der Waals surface area contributed by atoms with Gasteiger partial charge in [0.2, 0.25) is 5.96 Å². The van der Waals surface area contributed by atoms with Crippen LogP contribution < -0.4 is 11.1 Å². The number of amides is 2. The number of hydrogen-bond donors (Lipinski definition) is 2. The number of aromatic nitrogens is 5. The second-order valence-corrected chi connectivity index (χ2v) is 14.4. The third kappa shape index (κ3) is 7.12. The molecule has 1 saturated carbocycles. The summed E-state index contributed by atoms with van der Waals surface area (Å²) in [5.41, 5.74) is 2.60. The first-order chi connectivity index (χ1) is 25.7. The number of nitrogens with two attached hydrogens (primary N) is 1. The Kier molecular flexibility index (Phi) is 9.98. The molecule has 1 fully saturated rings. The van der Waals surface area contributed by atoms with Crippen LogP contribution in [-0.4, -0.2) is 65.7 Å². The van der Waals surface area contributed by atoms with Crippen LogP contribution in [-0.2, 0) is 15.1 Å². The molecule has 2 aromatic heterocycles. The standard InChI is InChI=1S/C35H33ClF7N9O3/c1-18(32(2,3)4)34(22-8-5-19(6-9-22)21-14-46-50(15-21)29(39)40)28(53)51(30(44)48-34)25(16-55-31(54)49-33(11-12-33)35(41,42)43)20-7-10-23(36)24(13-20)52-27(26(37)38)45-17-47-52/h5-10,13-15,17,25-26,29H,1,11-12,16H2,2-4H3,(H2,44,48)(H,49,54)/t25-,34-/m1/s1. The predicted molar refractivity (Wildman–Crippen MR) is 184 cm³/mol. The molecular formula is C35H33ClF7N9O3. The molecule has 0 unspecified atom stereocenters. The number of aliphatic imine (C=N–C) groups is 1. The van der Waals surface area contributed by atoms with Crippen LogP contribution in [0.1, 0.15) is 69.6 Å². The molecule has 292 valence electrons. The minimum atomic E-state index is -4.76. The lowest BCUT2D eigenvalue weighted by molar-refractivity contribution is -0.164. The Hall–Kier alpha value is -5.46. The van der Waals surface area contributed by atoms with E-state index in [1.54, 1.807) is 32.9 Å². The molecule has 12 nitrogen and oxygen atoms in total. The van der Waals surface area contributed by atoms with Crippen molar-refractivity contribution in [2.24, 2.45) is 16.1 Å². The highest BCUT2D eigenvalue weighted by Gasteiger charge is 2.65. The van der Waals surface area contributed by atoms with E-state index in [9.17, 15) is 35.5 Å². The van der Waals surface area contributed by atoms with Crippen LogP contribution in [0.3, 0.4) is 0 Å². The fraction of sp³-hybridized carbons (Fsp3) is 0.371. The Morgan fingerprint density at radius 1 is 1.05 bits per heavy atom. The summed E-state index contributed by atoms with van der Waals surface area (Å²) in [7, 11) is 0. The first-order valence-corrected chi connectivity index (χ1v) is 16.9. The van der Waals surface area contributed by atoms with Crippen LogP contribution >= 0.6 is 11.6 Å². The zero-order valence-electron chi connectivity index (χ0n) is 29.3. The van der Waals surface area contributed by atoms with E-state index in [1.807, 2.05) is 5.32 Å². The highest BCUT2D eigenvalue weighted by Crippen LogP contribution is 2.50. The highest BCUT2D eigenvalue weighted by atomic mass is 35.5. The summed E-state index contributed by atoms with van der Waals surface area (Å²) in [4.78, 5) is 37.1. The average molecular weight is 796 g/mol. The average Bonchev–Trinajstić information content (AvgIpc) is 3.42. The third-order valence-electron chi connectivity index (χ3n) is 9.51. The number of alkyl carbamates (subject to hydrolysis) is 1. The molecule has 1 aliphatic heterocycles. The number of hydrogen-bond acceptors (Lipinski definition) is 8. The molecule has 3 N–H and O–H groups in total. The van der Waals surface area contributed by atoms with Gasteiger partial charge in [0.1, 0.15) is 18.5 Å². The van der Waals surface area contributed by atoms with Gasteiger partial charge in [-0.2, -0.15) is 32.1 Å². The van der Waals surface area contributed by atoms with Crippen LogP contribution in [0, 0.1) is 5.41 Å². The molecule has 2 amide bonds. The van der Waals surface area contributed by atoms with Crippen molar-refractivity contribution in [3.8, 4) is 16.8 Å². The van der Waals surface area contributed by atoms with Crippen LogP contribution in [0.2, 0.25) is 5.02 Å². The van der Waals surface area contributed by atoms with Gasteiger partial charge in [-0.05, 0) is 52.7 Å². The Morgan fingerprint density at radius 3 is 2.29 bits per heavy atom. The van der Waals surface area contributed by atoms with Crippen LogP contribution in [0.5, 0.6) is 0 Å². The van der Waals surface area contributed by atoms with Gasteiger partial charge in [0, 0.05) is 11.8 Å². The minimum absolute atomic E-state index is 0.0709. The summed E-state index contributed by atoms with van der Waals surface area (Å²) in [5, 5.41) is 9.29. The molecule has 2 atom stereocenters. The van der Waals surface area contributed by atoms with E-state index in [-0.39, 0.29) is 40.3 Å². The topological polar surface area (TPSA) is 146 Å². The van der Waals surface area contributed by atoms with E-state index in [0.29, 0.717) is 15.8 Å². The Labute approximate surface area is 313 Å². The Morgan fingerprint density at radius 2 is 1.73 bits per heavy atom. The number of carbonyl (C=O) groups is 2. The van der Waals surface area contributed by atoms with Gasteiger partial charge in [0.15, 0.2) is 11.4 Å². The SMILES string of the molecule is C=C(C(C)(C)C)[C@]1(c2ccc(-c3cnn(C(F)F)c3)cc2)N=C(N)N([C@H](COC(=O)NC2(C(F)(F)F)CC2)c2ccc(Cl)c(-n3ncnc3C(F)F)c2)C1=O. The third-order valence-corrected chi connectivity index (χ3v) is 9.83. The maximum Gasteiger partial charge on any atom is 0.411 e. The monoisotopic (exact) mass is 795 g/mol. The zero-order valence-corrected chi connectivity index (χ0v) is 30.0. The molecule has 4 aromatic rings. The van der Waals surface area contributed by atoms with Gasteiger partial charge in [0.05, 0.1) is 22.9 Å². The molecule has 0 saturated heterocycles. The summed E-state index contributed by atoms with van der Waals surface area (Å²) in [6.07, 6.45) is -6.74. The van der Waals surface area contributed by atoms with Gasteiger partial charge in [0.25, 0.3) is 12.3 Å². The minimum Gasteiger partial charge on any atom is -0.447 e. The zero-order chi connectivity index (χ0) is 40.2. The smallest absolute Gasteiger partial charge is 0.411 e. The molecule has 0 bridgehead atoms. The second-order valence-electron chi connectivity index (χ2n) is 14.0. The van der Waals surface area contributed by atoms with Crippen molar-refractivity contribution in [2.75, 3.05) is 6.61 Å². The number of benzene rings is 2. The summed E-state index contributed by atoms with van der Waals surface area (Å²) in [6, 6.07) is 8.69. The largest absolute Gasteiger partial charge is 0.447 e. The molecule has 3 heterocycles. The van der Waals surface area contributed by atoms with E-state index in [4.69, 9.17) is 22.1 Å². The van der Waals surface area contributed by atoms with Gasteiger partial charge in [-0.15, -0.1) is 0 Å². The van der Waals surface area contributed by atoms with E-state index in [1.165, 1.54) is 36.5 Å². The van der Waals surface area contributed by atoms with Crippen LogP contribution in [0.25, 0.3) is 16.8 Å². The second kappa shape index (κ2) is 14.0. The summed E-state index contributed by atoms with van der Waals surface area (Å²) in [5.74, 6) is -1.99. The maximum absolute atomic E-state index is 15.0. The lowest BCUT2D eigenvalue weighted by Gasteiger charge is -2.37. The number of halogens is 8. The summed E-state index contributed by atoms with van der Waals surface area (Å²) < 4.78 is 102. The molecule has 6 rings (SSSR count). The fourth-order valence-electron chi connectivity index (χ4n) is 6.25. The van der Waals surface area contributed by atoms with Crippen molar-refractivity contribution in [1.29, 1.82) is 0 Å². The lowest BCUT2D eigenvalue weighted by atomic mass is 9.71. The predicted octanol–water partition coefficient (Wildman–Crippen LogP) is 7.63. The maximum atomic E-state index is 15.0. The van der Waals surface area contributed by atoms with Crippen molar-refractivity contribution in [3.63, 3.8) is 0 Å². The molecule has 20 heteroatoms. The molecule has 55 heavy (non-hydrogen) atoms. The molecule has 2 aromatic carbocycles. The van der Waals surface area contributed by atoms with Crippen molar-refractivity contribution in [3.05, 3.63) is 95.3 Å². The van der Waals surface area contributed by atoms with Crippen molar-refractivity contribution in [1.82, 2.24) is 34.8 Å². The quantitative estimate of drug-likeness (QED) is 0.117. The lowest BCUT2D eigenvalue weighted by Crippen LogP contribution is -2.50. The van der Waals surface area contributed by atoms with Crippen molar-refractivity contribution >= 4 is 29.6 Å². The number of ether oxygens (including phenoxy) is 1. The first-order valence-electron chi connectivity index (χ1n) is 16.5. The molecule has 2 aliphatic rings. The number of guanidine groups is 1. The first kappa shape index (κ1) is 39.2. The summed E-state index contributed by atoms with van der Waals surface area (Å²) >= 11 is 6.41. The van der Waals surface area contributed by atoms with Gasteiger partial charge < -0.3 is 15.8 Å². The number of nitrogens with zero attached hydrogens (tertiary/aromatic N) is 7. The van der Waals surface area contributed by atoms with Gasteiger partial charge >= 0.3 is 18.8 Å². The molecule has 0 radical (unpaired) electrons. The van der Waals surface area contributed by atoms with E-state index in [0.717, 1.165) is 22.1 Å². The van der Waals surface area contributed by atoms with E-state index < -0.39 is 72.1 Å². The highest BCUT2D eigenvalue weighted by molar-refractivity contribution is 6.32. The molecule has 0 spiro atoms. The van der Waals surface area contributed by atoms with E-state index >= 15 is 4.79 Å². The van der Waals surface area contributed by atoms with Crippen LogP contribution in [0.15, 0.2) is 78.3 Å². The van der Waals surface area contributed by atoms with Gasteiger partial charge in [-0.1, -0.05) is 69.3 Å². The van der Waals surface area contributed by atoms with Crippen LogP contribution in [0.4, 0.5) is 35.5 Å². The Balaban J connectivity index is 1.43. The number of rotatable bonds is 11. The number of carbonyl (C=O) groups excluding carboxylic acids is 2. The summed E-state index contributed by atoms with van der Waals surface area (Å²) in [6.45, 7) is 5.88. The number of nitrogens with one attached hydrogen (secondary N) is 1. The fourth-order valence-corrected chi connectivity index (χ4v) is 6.44. The van der Waals surface area contributed by atoms with Crippen molar-refractivity contribution < 1.29 is 45.1 Å². The van der Waals surface area contributed by atoms with E-state index in [2.05, 4.69) is 26.8 Å². The Bertz CT molecular complexity index is 2160. The van der Waals surface area contributed by atoms with Crippen molar-refractivity contribution in [2.45, 2.75) is 69.9 Å². The van der Waals surface area contributed by atoms with Gasteiger partial charge in [-0.3, -0.25) is 9.69 Å². The number of alkyl halides is 7. The molecule has 1 aliphatic carbocycles. The van der Waals surface area contributed by atoms with Gasteiger partial charge in [-0.25, -0.2) is 32.9 Å². The normalized spacial score (nSPS) is 18.8.